The number of nitrogens with zero attached hydrogens (tertiary/aromatic N) is 4. The number of hydrogen-bond donors (Lipinski definition) is 1. The molecule has 1 N–H and O–H groups in total. The lowest BCUT2D eigenvalue weighted by Crippen LogP contribution is -2.44. The van der Waals surface area contributed by atoms with E-state index in [0.717, 1.165) is 45.1 Å². The Kier molecular flexibility index (Phi) is 13.0. The summed E-state index contributed by atoms with van der Waals surface area (Å²) in [7, 11) is -1.43. The highest BCUT2D eigenvalue weighted by atomic mass is 127. The maximum Gasteiger partial charge on any atom is 0.215 e. The highest BCUT2D eigenvalue weighted by Crippen LogP contribution is 2.17. The maximum atomic E-state index is 12.3. The molecule has 0 aromatic heterocycles. The molecule has 0 bridgehead atoms. The largest absolute Gasteiger partial charge is 0.355 e. The topological polar surface area (TPSA) is 68.2 Å². The predicted octanol–water partition coefficient (Wildman–Crippen LogP) is 1.52. The zero-order valence-corrected chi connectivity index (χ0v) is 20.2. The maximum absolute atomic E-state index is 12.3. The van der Waals surface area contributed by atoms with Crippen molar-refractivity contribution >= 4 is 40.0 Å². The molecule has 0 aromatic carbocycles. The first kappa shape index (κ1) is 25.9. The number of likely N-dealkylation sites (tertiary alicyclic amines) is 1. The number of sulfonamides is 1. The molecule has 0 radical (unpaired) electrons. The van der Waals surface area contributed by atoms with Crippen LogP contribution in [0.15, 0.2) is 4.99 Å². The fourth-order valence-corrected chi connectivity index (χ4v) is 4.80. The van der Waals surface area contributed by atoms with Gasteiger partial charge in [-0.25, -0.2) is 12.7 Å². The van der Waals surface area contributed by atoms with E-state index in [0.29, 0.717) is 25.6 Å². The van der Waals surface area contributed by atoms with Crippen LogP contribution in [0.1, 0.15) is 34.1 Å². The Morgan fingerprint density at radius 3 is 2.27 bits per heavy atom. The Morgan fingerprint density at radius 2 is 1.77 bits per heavy atom. The molecule has 1 unspecified atom stereocenters. The molecule has 1 heterocycles. The average molecular weight is 503 g/mol. The van der Waals surface area contributed by atoms with Gasteiger partial charge in [-0.15, -0.1) is 24.0 Å². The molecule has 1 aliphatic rings. The van der Waals surface area contributed by atoms with Gasteiger partial charge in [-0.05, 0) is 25.4 Å². The summed E-state index contributed by atoms with van der Waals surface area (Å²) in [5, 5.41) is 3.23. The molecule has 1 rings (SSSR count). The van der Waals surface area contributed by atoms with E-state index in [2.05, 4.69) is 34.0 Å². The van der Waals surface area contributed by atoms with Gasteiger partial charge in [-0.1, -0.05) is 27.7 Å². The summed E-state index contributed by atoms with van der Waals surface area (Å²) in [6.07, 6.45) is 1.16. The third-order valence-corrected chi connectivity index (χ3v) is 6.97. The molecular weight excluding hydrogens is 465 g/mol. The summed E-state index contributed by atoms with van der Waals surface area (Å²) >= 11 is 0. The van der Waals surface area contributed by atoms with Crippen molar-refractivity contribution in [3.63, 3.8) is 0 Å². The minimum Gasteiger partial charge on any atom is -0.355 e. The first-order valence-corrected chi connectivity index (χ1v) is 11.2. The van der Waals surface area contributed by atoms with Crippen molar-refractivity contribution in [1.29, 1.82) is 0 Å². The lowest BCUT2D eigenvalue weighted by molar-refractivity contribution is 0.255. The summed E-state index contributed by atoms with van der Waals surface area (Å²) in [6, 6.07) is 0. The van der Waals surface area contributed by atoms with Gasteiger partial charge in [-0.3, -0.25) is 4.99 Å². The lowest BCUT2D eigenvalue weighted by atomic mass is 10.1. The molecule has 1 aliphatic heterocycles. The number of halogens is 1. The Bertz CT molecular complexity index is 507. The van der Waals surface area contributed by atoms with Crippen LogP contribution >= 0.6 is 24.0 Å². The van der Waals surface area contributed by atoms with Crippen LogP contribution in [-0.2, 0) is 10.0 Å². The first-order chi connectivity index (χ1) is 11.9. The molecule has 9 heteroatoms. The van der Waals surface area contributed by atoms with E-state index in [1.807, 2.05) is 13.8 Å². The van der Waals surface area contributed by atoms with Gasteiger partial charge in [0.2, 0.25) is 10.0 Å². The highest BCUT2D eigenvalue weighted by molar-refractivity contribution is 14.0. The Morgan fingerprint density at radius 1 is 1.15 bits per heavy atom. The van der Waals surface area contributed by atoms with Gasteiger partial charge in [0.25, 0.3) is 0 Å². The monoisotopic (exact) mass is 503 g/mol. The summed E-state index contributed by atoms with van der Waals surface area (Å²) in [6.45, 7) is 14.8. The first-order valence-electron chi connectivity index (χ1n) is 9.57. The van der Waals surface area contributed by atoms with Crippen molar-refractivity contribution in [3.8, 4) is 0 Å². The molecule has 0 saturated carbocycles. The zero-order chi connectivity index (χ0) is 18.9. The van der Waals surface area contributed by atoms with Crippen LogP contribution in [0.3, 0.4) is 0 Å². The van der Waals surface area contributed by atoms with Gasteiger partial charge < -0.3 is 15.1 Å². The molecule has 1 saturated heterocycles. The molecular formula is C17H38IN5O2S. The van der Waals surface area contributed by atoms with Gasteiger partial charge >= 0.3 is 0 Å². The number of rotatable bonds is 10. The second kappa shape index (κ2) is 13.1. The minimum atomic E-state index is -3.19. The van der Waals surface area contributed by atoms with Crippen molar-refractivity contribution < 1.29 is 8.42 Å². The fraction of sp³-hybridized carbons (Fsp3) is 0.941. The molecule has 1 atom stereocenters. The van der Waals surface area contributed by atoms with Gasteiger partial charge in [0.15, 0.2) is 5.96 Å². The third kappa shape index (κ3) is 7.85. The number of nitrogens with one attached hydrogen (secondary N) is 1. The van der Waals surface area contributed by atoms with Crippen LogP contribution < -0.4 is 5.32 Å². The molecule has 0 aliphatic carbocycles. The van der Waals surface area contributed by atoms with Gasteiger partial charge in [0, 0.05) is 46.3 Å². The van der Waals surface area contributed by atoms with Gasteiger partial charge in [0.1, 0.15) is 0 Å². The van der Waals surface area contributed by atoms with E-state index < -0.39 is 10.0 Å². The van der Waals surface area contributed by atoms with Crippen molar-refractivity contribution in [1.82, 2.24) is 19.4 Å². The molecule has 0 aromatic rings. The molecule has 156 valence electrons. The third-order valence-electron chi connectivity index (χ3n) is 4.95. The van der Waals surface area contributed by atoms with E-state index >= 15 is 0 Å². The minimum absolute atomic E-state index is 0. The van der Waals surface area contributed by atoms with Crippen molar-refractivity contribution in [3.05, 3.63) is 0 Å². The summed E-state index contributed by atoms with van der Waals surface area (Å²) in [5.74, 6) is 1.57. The molecule has 0 spiro atoms. The molecule has 0 amide bonds. The highest BCUT2D eigenvalue weighted by Gasteiger charge is 2.26. The SMILES string of the molecule is CCN(CC)CC1CCN(C(=NC)NCCS(=O)(=O)N(CC)CC)C1.I. The van der Waals surface area contributed by atoms with Crippen LogP contribution in [0.2, 0.25) is 0 Å². The average Bonchev–Trinajstić information content (AvgIpc) is 3.05. The summed E-state index contributed by atoms with van der Waals surface area (Å²) in [5.41, 5.74) is 0. The number of guanidine groups is 1. The van der Waals surface area contributed by atoms with Crippen LogP contribution in [-0.4, -0.2) is 93.6 Å². The molecule has 7 nitrogen and oxygen atoms in total. The summed E-state index contributed by atoms with van der Waals surface area (Å²) in [4.78, 5) is 9.05. The number of hydrogen-bond acceptors (Lipinski definition) is 4. The van der Waals surface area contributed by atoms with E-state index in [1.54, 1.807) is 7.05 Å². The summed E-state index contributed by atoms with van der Waals surface area (Å²) < 4.78 is 26.0. The second-order valence-corrected chi connectivity index (χ2v) is 8.55. The fourth-order valence-electron chi connectivity index (χ4n) is 3.39. The van der Waals surface area contributed by atoms with Crippen molar-refractivity contribution in [2.75, 3.05) is 65.2 Å². The van der Waals surface area contributed by atoms with E-state index in [1.165, 1.54) is 4.31 Å². The van der Waals surface area contributed by atoms with E-state index in [-0.39, 0.29) is 29.7 Å². The smallest absolute Gasteiger partial charge is 0.215 e. The standard InChI is InChI=1S/C17H37N5O2S.HI/c1-6-20(7-2)14-16-10-12-21(15-16)17(18-5)19-11-13-25(23,24)22(8-3)9-4;/h16H,6-15H2,1-5H3,(H,18,19);1H. The van der Waals surface area contributed by atoms with Crippen molar-refractivity contribution in [2.24, 2.45) is 10.9 Å². The Hall–Kier alpha value is -0.130. The number of aliphatic imine (C=N–C) groups is 1. The van der Waals surface area contributed by atoms with Crippen LogP contribution in [0.5, 0.6) is 0 Å². The van der Waals surface area contributed by atoms with Gasteiger partial charge in [0.05, 0.1) is 5.75 Å². The van der Waals surface area contributed by atoms with Crippen molar-refractivity contribution in [2.45, 2.75) is 34.1 Å². The van der Waals surface area contributed by atoms with E-state index in [4.69, 9.17) is 0 Å². The Balaban J connectivity index is 0.00000625. The Labute approximate surface area is 177 Å². The predicted molar refractivity (Wildman–Crippen MR) is 121 cm³/mol. The zero-order valence-electron chi connectivity index (χ0n) is 17.1. The van der Waals surface area contributed by atoms with Crippen LogP contribution in [0.25, 0.3) is 0 Å². The van der Waals surface area contributed by atoms with Gasteiger partial charge in [-0.2, -0.15) is 0 Å². The van der Waals surface area contributed by atoms with Crippen LogP contribution in [0.4, 0.5) is 0 Å². The molecule has 26 heavy (non-hydrogen) atoms. The molecule has 1 fully saturated rings. The van der Waals surface area contributed by atoms with E-state index in [9.17, 15) is 8.42 Å². The normalized spacial score (nSPS) is 18.5. The second-order valence-electron chi connectivity index (χ2n) is 6.46. The lowest BCUT2D eigenvalue weighted by Gasteiger charge is -2.25. The quantitative estimate of drug-likeness (QED) is 0.278. The van der Waals surface area contributed by atoms with Crippen LogP contribution in [0, 0.1) is 5.92 Å².